The third-order valence-corrected chi connectivity index (χ3v) is 4.63. The Morgan fingerprint density at radius 2 is 1.86 bits per heavy atom. The molecule has 0 spiro atoms. The van der Waals surface area contributed by atoms with E-state index >= 15 is 0 Å². The van der Waals surface area contributed by atoms with Gasteiger partial charge >= 0.3 is 0 Å². The molecule has 0 saturated carbocycles. The van der Waals surface area contributed by atoms with Crippen molar-refractivity contribution in [3.05, 3.63) is 59.2 Å². The van der Waals surface area contributed by atoms with E-state index < -0.39 is 6.10 Å². The molecule has 0 bridgehead atoms. The molecule has 1 atom stereocenters. The number of hydrogen-bond donors (Lipinski definition) is 1. The van der Waals surface area contributed by atoms with Crippen molar-refractivity contribution < 1.29 is 14.3 Å². The van der Waals surface area contributed by atoms with Gasteiger partial charge in [0.1, 0.15) is 11.5 Å². The third-order valence-electron chi connectivity index (χ3n) is 4.63. The molecule has 4 nitrogen and oxygen atoms in total. The van der Waals surface area contributed by atoms with Gasteiger partial charge in [0.15, 0.2) is 6.10 Å². The van der Waals surface area contributed by atoms with Crippen LogP contribution in [0, 0.1) is 13.8 Å². The van der Waals surface area contributed by atoms with E-state index in [9.17, 15) is 4.79 Å². The van der Waals surface area contributed by atoms with Crippen LogP contribution in [0.1, 0.15) is 49.8 Å². The SMILES string of the molecule is CCCOc1ccccc1CCCNC(=O)C(CC)Oc1cc(C)ccc1C. The summed E-state index contributed by atoms with van der Waals surface area (Å²) in [6.07, 6.45) is 2.88. The van der Waals surface area contributed by atoms with Gasteiger partial charge in [-0.3, -0.25) is 4.79 Å². The summed E-state index contributed by atoms with van der Waals surface area (Å²) in [6, 6.07) is 14.2. The smallest absolute Gasteiger partial charge is 0.261 e. The van der Waals surface area contributed by atoms with Gasteiger partial charge < -0.3 is 14.8 Å². The van der Waals surface area contributed by atoms with Gasteiger partial charge in [0.05, 0.1) is 6.61 Å². The first-order chi connectivity index (χ1) is 13.5. The highest BCUT2D eigenvalue weighted by Crippen LogP contribution is 2.22. The summed E-state index contributed by atoms with van der Waals surface area (Å²) >= 11 is 0. The maximum atomic E-state index is 12.5. The molecule has 0 saturated heterocycles. The fraction of sp³-hybridized carbons (Fsp3) is 0.458. The molecule has 2 aromatic carbocycles. The van der Waals surface area contributed by atoms with Crippen LogP contribution in [-0.4, -0.2) is 25.2 Å². The maximum Gasteiger partial charge on any atom is 0.261 e. The molecule has 28 heavy (non-hydrogen) atoms. The Hall–Kier alpha value is -2.49. The highest BCUT2D eigenvalue weighted by Gasteiger charge is 2.18. The van der Waals surface area contributed by atoms with Crippen molar-refractivity contribution in [3.63, 3.8) is 0 Å². The number of aryl methyl sites for hydroxylation is 3. The van der Waals surface area contributed by atoms with Crippen molar-refractivity contribution in [2.45, 2.75) is 59.5 Å². The molecule has 0 radical (unpaired) electrons. The number of benzene rings is 2. The summed E-state index contributed by atoms with van der Waals surface area (Å²) < 4.78 is 11.8. The number of amides is 1. The van der Waals surface area contributed by atoms with Gasteiger partial charge in [0, 0.05) is 6.54 Å². The summed E-state index contributed by atoms with van der Waals surface area (Å²) in [6.45, 7) is 9.43. The molecule has 1 N–H and O–H groups in total. The average Bonchev–Trinajstić information content (AvgIpc) is 2.70. The molecular weight excluding hydrogens is 350 g/mol. The number of nitrogens with one attached hydrogen (secondary N) is 1. The lowest BCUT2D eigenvalue weighted by molar-refractivity contribution is -0.128. The zero-order chi connectivity index (χ0) is 20.4. The molecule has 1 unspecified atom stereocenters. The number of rotatable bonds is 11. The van der Waals surface area contributed by atoms with Crippen molar-refractivity contribution in [2.24, 2.45) is 0 Å². The number of para-hydroxylation sites is 1. The van der Waals surface area contributed by atoms with E-state index in [1.165, 1.54) is 5.56 Å². The molecule has 1 amide bonds. The molecule has 2 aromatic rings. The average molecular weight is 384 g/mol. The highest BCUT2D eigenvalue weighted by atomic mass is 16.5. The summed E-state index contributed by atoms with van der Waals surface area (Å²) in [7, 11) is 0. The predicted octanol–water partition coefficient (Wildman–Crippen LogP) is 5.00. The first-order valence-electron chi connectivity index (χ1n) is 10.3. The quantitative estimate of drug-likeness (QED) is 0.556. The van der Waals surface area contributed by atoms with Crippen LogP contribution < -0.4 is 14.8 Å². The van der Waals surface area contributed by atoms with Crippen molar-refractivity contribution in [1.29, 1.82) is 0 Å². The van der Waals surface area contributed by atoms with Crippen LogP contribution in [0.15, 0.2) is 42.5 Å². The Morgan fingerprint density at radius 1 is 1.07 bits per heavy atom. The van der Waals surface area contributed by atoms with Gasteiger partial charge in [-0.25, -0.2) is 0 Å². The molecular formula is C24H33NO3. The van der Waals surface area contributed by atoms with Gasteiger partial charge in [-0.05, 0) is 68.4 Å². The van der Waals surface area contributed by atoms with E-state index in [4.69, 9.17) is 9.47 Å². The second-order valence-corrected chi connectivity index (χ2v) is 7.13. The summed E-state index contributed by atoms with van der Waals surface area (Å²) in [5.41, 5.74) is 3.35. The maximum absolute atomic E-state index is 12.5. The molecule has 2 rings (SSSR count). The van der Waals surface area contributed by atoms with Gasteiger partial charge in [-0.15, -0.1) is 0 Å². The minimum Gasteiger partial charge on any atom is -0.493 e. The van der Waals surface area contributed by atoms with E-state index in [2.05, 4.69) is 18.3 Å². The van der Waals surface area contributed by atoms with Crippen LogP contribution >= 0.6 is 0 Å². The lowest BCUT2D eigenvalue weighted by Gasteiger charge is -2.19. The van der Waals surface area contributed by atoms with Gasteiger partial charge in [0.2, 0.25) is 0 Å². The minimum absolute atomic E-state index is 0.0566. The standard InChI is InChI=1S/C24H33NO3/c1-5-16-27-22-12-8-7-10-20(22)11-9-15-25-24(26)21(6-2)28-23-17-18(3)13-14-19(23)4/h7-8,10,12-14,17,21H,5-6,9,11,15-16H2,1-4H3,(H,25,26). The first kappa shape index (κ1) is 21.8. The normalized spacial score (nSPS) is 11.7. The number of hydrogen-bond acceptors (Lipinski definition) is 3. The summed E-state index contributed by atoms with van der Waals surface area (Å²) in [5, 5.41) is 3.02. The lowest BCUT2D eigenvalue weighted by Crippen LogP contribution is -2.38. The van der Waals surface area contributed by atoms with Crippen molar-refractivity contribution in [1.82, 2.24) is 5.32 Å². The van der Waals surface area contributed by atoms with Crippen LogP contribution in [0.25, 0.3) is 0 Å². The Bertz CT molecular complexity index is 757. The van der Waals surface area contributed by atoms with Crippen LogP contribution in [0.5, 0.6) is 11.5 Å². The zero-order valence-corrected chi connectivity index (χ0v) is 17.6. The Balaban J connectivity index is 1.83. The van der Waals surface area contributed by atoms with E-state index in [0.29, 0.717) is 13.0 Å². The van der Waals surface area contributed by atoms with E-state index in [0.717, 1.165) is 48.5 Å². The number of carbonyl (C=O) groups is 1. The van der Waals surface area contributed by atoms with E-state index in [1.807, 2.05) is 57.2 Å². The molecule has 0 heterocycles. The highest BCUT2D eigenvalue weighted by molar-refractivity contribution is 5.81. The topological polar surface area (TPSA) is 47.6 Å². The predicted molar refractivity (Wildman–Crippen MR) is 114 cm³/mol. The van der Waals surface area contributed by atoms with Gasteiger partial charge in [-0.1, -0.05) is 44.2 Å². The second kappa shape index (κ2) is 11.4. The molecule has 0 fully saturated rings. The van der Waals surface area contributed by atoms with Crippen LogP contribution in [0.3, 0.4) is 0 Å². The van der Waals surface area contributed by atoms with Crippen LogP contribution in [0.4, 0.5) is 0 Å². The monoisotopic (exact) mass is 383 g/mol. The zero-order valence-electron chi connectivity index (χ0n) is 17.6. The fourth-order valence-electron chi connectivity index (χ4n) is 2.98. The Labute approximate surface area is 169 Å². The second-order valence-electron chi connectivity index (χ2n) is 7.13. The molecule has 0 aliphatic rings. The molecule has 0 aliphatic carbocycles. The molecule has 0 aliphatic heterocycles. The van der Waals surface area contributed by atoms with Gasteiger partial charge in [0.25, 0.3) is 5.91 Å². The van der Waals surface area contributed by atoms with Gasteiger partial charge in [-0.2, -0.15) is 0 Å². The fourth-order valence-corrected chi connectivity index (χ4v) is 2.98. The molecule has 4 heteroatoms. The largest absolute Gasteiger partial charge is 0.493 e. The van der Waals surface area contributed by atoms with Crippen LogP contribution in [-0.2, 0) is 11.2 Å². The van der Waals surface area contributed by atoms with Crippen molar-refractivity contribution in [3.8, 4) is 11.5 Å². The summed E-state index contributed by atoms with van der Waals surface area (Å²) in [5.74, 6) is 1.67. The van der Waals surface area contributed by atoms with Crippen LogP contribution in [0.2, 0.25) is 0 Å². The summed E-state index contributed by atoms with van der Waals surface area (Å²) in [4.78, 5) is 12.5. The Kier molecular flexibility index (Phi) is 8.86. The van der Waals surface area contributed by atoms with Crippen molar-refractivity contribution in [2.75, 3.05) is 13.2 Å². The van der Waals surface area contributed by atoms with Crippen molar-refractivity contribution >= 4 is 5.91 Å². The minimum atomic E-state index is -0.472. The first-order valence-corrected chi connectivity index (χ1v) is 10.3. The Morgan fingerprint density at radius 3 is 2.61 bits per heavy atom. The number of carbonyl (C=O) groups excluding carboxylic acids is 1. The molecule has 0 aromatic heterocycles. The lowest BCUT2D eigenvalue weighted by atomic mass is 10.1. The third kappa shape index (κ3) is 6.59. The number of ether oxygens (including phenoxy) is 2. The van der Waals surface area contributed by atoms with E-state index in [-0.39, 0.29) is 5.91 Å². The van der Waals surface area contributed by atoms with E-state index in [1.54, 1.807) is 0 Å². The molecule has 152 valence electrons.